The minimum atomic E-state index is -4.50. The van der Waals surface area contributed by atoms with Crippen molar-refractivity contribution in [2.45, 2.75) is 11.9 Å². The molecule has 0 aliphatic rings. The van der Waals surface area contributed by atoms with Gasteiger partial charge in [-0.25, -0.2) is 0 Å². The summed E-state index contributed by atoms with van der Waals surface area (Å²) >= 11 is 1.66. The fourth-order valence-corrected chi connectivity index (χ4v) is 2.59. The monoisotopic (exact) mass is 398 g/mol. The molecule has 0 saturated heterocycles. The second-order valence-electron chi connectivity index (χ2n) is 5.45. The number of hydrazine groups is 1. The number of halogens is 3. The van der Waals surface area contributed by atoms with Crippen molar-refractivity contribution in [1.82, 2.24) is 10.9 Å². The lowest BCUT2D eigenvalue weighted by atomic mass is 10.1. The Morgan fingerprint density at radius 2 is 1.78 bits per heavy atom. The van der Waals surface area contributed by atoms with Crippen LogP contribution in [0.2, 0.25) is 0 Å². The highest BCUT2D eigenvalue weighted by Crippen LogP contribution is 2.31. The standard InChI is InChI=1S/C18H17F3N2O3S/c1-27-11-12-5-7-13(8-6-12)17(25)23-22-16(24)10-26-15-4-2-3-14(9-15)18(19,20)21/h2-9H,10-11H2,1H3,(H,22,24)(H,23,25). The molecule has 2 aromatic carbocycles. The molecule has 0 aromatic heterocycles. The number of amides is 2. The van der Waals surface area contributed by atoms with E-state index < -0.39 is 30.2 Å². The zero-order valence-corrected chi connectivity index (χ0v) is 15.1. The minimum Gasteiger partial charge on any atom is -0.484 e. The van der Waals surface area contributed by atoms with Crippen molar-refractivity contribution in [3.8, 4) is 5.75 Å². The molecule has 2 N–H and O–H groups in total. The summed E-state index contributed by atoms with van der Waals surface area (Å²) in [6.07, 6.45) is -2.53. The summed E-state index contributed by atoms with van der Waals surface area (Å²) < 4.78 is 42.9. The SMILES string of the molecule is CSCc1ccc(C(=O)NNC(=O)COc2cccc(C(F)(F)F)c2)cc1. The number of thioether (sulfide) groups is 1. The molecule has 0 fully saturated rings. The molecule has 0 unspecified atom stereocenters. The highest BCUT2D eigenvalue weighted by molar-refractivity contribution is 7.97. The minimum absolute atomic E-state index is 0.101. The van der Waals surface area contributed by atoms with Crippen molar-refractivity contribution in [3.63, 3.8) is 0 Å². The van der Waals surface area contributed by atoms with Gasteiger partial charge in [-0.3, -0.25) is 20.4 Å². The van der Waals surface area contributed by atoms with Crippen molar-refractivity contribution in [3.05, 3.63) is 65.2 Å². The molecule has 0 heterocycles. The third-order valence-electron chi connectivity index (χ3n) is 3.37. The topological polar surface area (TPSA) is 67.4 Å². The molecule has 2 aromatic rings. The zero-order valence-electron chi connectivity index (χ0n) is 14.3. The van der Waals surface area contributed by atoms with Gasteiger partial charge < -0.3 is 4.74 Å². The first-order valence-electron chi connectivity index (χ1n) is 7.76. The zero-order chi connectivity index (χ0) is 19.9. The maximum atomic E-state index is 12.6. The molecule has 2 rings (SSSR count). The van der Waals surface area contributed by atoms with E-state index in [1.807, 2.05) is 18.4 Å². The van der Waals surface area contributed by atoms with Gasteiger partial charge in [-0.05, 0) is 42.2 Å². The van der Waals surface area contributed by atoms with Crippen LogP contribution < -0.4 is 15.6 Å². The summed E-state index contributed by atoms with van der Waals surface area (Å²) in [5.41, 5.74) is 4.92. The summed E-state index contributed by atoms with van der Waals surface area (Å²) in [6.45, 7) is -0.547. The summed E-state index contributed by atoms with van der Waals surface area (Å²) in [5.74, 6) is -0.500. The molecule has 0 aliphatic carbocycles. The molecular formula is C18H17F3N2O3S. The van der Waals surface area contributed by atoms with Gasteiger partial charge in [0.05, 0.1) is 5.56 Å². The first kappa shape index (κ1) is 20.6. The van der Waals surface area contributed by atoms with E-state index in [1.54, 1.807) is 23.9 Å². The number of benzene rings is 2. The number of alkyl halides is 3. The van der Waals surface area contributed by atoms with Crippen LogP contribution in [-0.4, -0.2) is 24.7 Å². The van der Waals surface area contributed by atoms with Gasteiger partial charge >= 0.3 is 6.18 Å². The van der Waals surface area contributed by atoms with Gasteiger partial charge in [-0.15, -0.1) is 0 Å². The van der Waals surface area contributed by atoms with Crippen LogP contribution in [0.15, 0.2) is 48.5 Å². The van der Waals surface area contributed by atoms with Crippen LogP contribution in [0.4, 0.5) is 13.2 Å². The Morgan fingerprint density at radius 3 is 2.41 bits per heavy atom. The first-order valence-corrected chi connectivity index (χ1v) is 9.16. The van der Waals surface area contributed by atoms with E-state index in [2.05, 4.69) is 10.9 Å². The Morgan fingerprint density at radius 1 is 1.07 bits per heavy atom. The number of hydrogen-bond donors (Lipinski definition) is 2. The lowest BCUT2D eigenvalue weighted by Gasteiger charge is -2.11. The number of ether oxygens (including phenoxy) is 1. The van der Waals surface area contributed by atoms with Gasteiger partial charge in [0.15, 0.2) is 6.61 Å². The molecule has 0 saturated carbocycles. The number of hydrogen-bond acceptors (Lipinski definition) is 4. The highest BCUT2D eigenvalue weighted by Gasteiger charge is 2.30. The molecule has 0 spiro atoms. The second kappa shape index (κ2) is 9.31. The number of carbonyl (C=O) groups excluding carboxylic acids is 2. The van der Waals surface area contributed by atoms with Gasteiger partial charge in [-0.1, -0.05) is 18.2 Å². The van der Waals surface area contributed by atoms with Gasteiger partial charge in [0, 0.05) is 11.3 Å². The summed E-state index contributed by atoms with van der Waals surface area (Å²) in [5, 5.41) is 0. The molecule has 0 aliphatic heterocycles. The van der Waals surface area contributed by atoms with Crippen molar-refractivity contribution in [2.24, 2.45) is 0 Å². The quantitative estimate of drug-likeness (QED) is 0.732. The number of carbonyl (C=O) groups is 2. The molecular weight excluding hydrogens is 381 g/mol. The Kier molecular flexibility index (Phi) is 7.12. The van der Waals surface area contributed by atoms with E-state index in [0.29, 0.717) is 5.56 Å². The van der Waals surface area contributed by atoms with E-state index in [-0.39, 0.29) is 5.75 Å². The summed E-state index contributed by atoms with van der Waals surface area (Å²) in [6, 6.07) is 11.1. The van der Waals surface area contributed by atoms with Crippen molar-refractivity contribution < 1.29 is 27.5 Å². The lowest BCUT2D eigenvalue weighted by Crippen LogP contribution is -2.43. The molecule has 9 heteroatoms. The van der Waals surface area contributed by atoms with E-state index in [1.165, 1.54) is 12.1 Å². The normalized spacial score (nSPS) is 11.0. The maximum Gasteiger partial charge on any atom is 0.416 e. The maximum absolute atomic E-state index is 12.6. The largest absolute Gasteiger partial charge is 0.484 e. The van der Waals surface area contributed by atoms with Crippen LogP contribution in [0.3, 0.4) is 0 Å². The van der Waals surface area contributed by atoms with E-state index >= 15 is 0 Å². The third kappa shape index (κ3) is 6.52. The van der Waals surface area contributed by atoms with Gasteiger partial charge in [0.1, 0.15) is 5.75 Å². The summed E-state index contributed by atoms with van der Waals surface area (Å²) in [4.78, 5) is 23.6. The van der Waals surface area contributed by atoms with Crippen molar-refractivity contribution in [1.29, 1.82) is 0 Å². The van der Waals surface area contributed by atoms with Crippen molar-refractivity contribution >= 4 is 23.6 Å². The second-order valence-corrected chi connectivity index (χ2v) is 6.31. The molecule has 0 atom stereocenters. The van der Waals surface area contributed by atoms with Crippen molar-refractivity contribution in [2.75, 3.05) is 12.9 Å². The third-order valence-corrected chi connectivity index (χ3v) is 4.00. The molecule has 144 valence electrons. The lowest BCUT2D eigenvalue weighted by molar-refractivity contribution is -0.137. The Balaban J connectivity index is 1.81. The van der Waals surface area contributed by atoms with Crippen LogP contribution in [0.5, 0.6) is 5.75 Å². The van der Waals surface area contributed by atoms with E-state index in [4.69, 9.17) is 4.74 Å². The fourth-order valence-electron chi connectivity index (χ4n) is 2.06. The first-order chi connectivity index (χ1) is 12.8. The molecule has 5 nitrogen and oxygen atoms in total. The molecule has 0 radical (unpaired) electrons. The predicted octanol–water partition coefficient (Wildman–Crippen LogP) is 3.41. The van der Waals surface area contributed by atoms with E-state index in [9.17, 15) is 22.8 Å². The Bertz CT molecular complexity index is 795. The molecule has 0 bridgehead atoms. The smallest absolute Gasteiger partial charge is 0.416 e. The number of nitrogens with one attached hydrogen (secondary N) is 2. The van der Waals surface area contributed by atoms with Crippen LogP contribution in [0.1, 0.15) is 21.5 Å². The average Bonchev–Trinajstić information content (AvgIpc) is 2.65. The highest BCUT2D eigenvalue weighted by atomic mass is 32.2. The van der Waals surface area contributed by atoms with E-state index in [0.717, 1.165) is 23.4 Å². The van der Waals surface area contributed by atoms with Gasteiger partial charge in [0.25, 0.3) is 11.8 Å². The molecule has 2 amide bonds. The van der Waals surface area contributed by atoms with Crippen LogP contribution >= 0.6 is 11.8 Å². The predicted molar refractivity (Wildman–Crippen MR) is 96.2 cm³/mol. The Hall–Kier alpha value is -2.68. The van der Waals surface area contributed by atoms with Crippen LogP contribution in [0, 0.1) is 0 Å². The number of rotatable bonds is 6. The van der Waals surface area contributed by atoms with Gasteiger partial charge in [-0.2, -0.15) is 24.9 Å². The fraction of sp³-hybridized carbons (Fsp3) is 0.222. The average molecular weight is 398 g/mol. The van der Waals surface area contributed by atoms with Crippen LogP contribution in [0.25, 0.3) is 0 Å². The Labute approximate surface area is 158 Å². The molecule has 27 heavy (non-hydrogen) atoms. The van der Waals surface area contributed by atoms with Gasteiger partial charge in [0.2, 0.25) is 0 Å². The summed E-state index contributed by atoms with van der Waals surface area (Å²) in [7, 11) is 0. The van der Waals surface area contributed by atoms with Crippen LogP contribution in [-0.2, 0) is 16.7 Å².